The Morgan fingerprint density at radius 3 is 2.76 bits per heavy atom. The molecule has 1 aromatic heterocycles. The van der Waals surface area contributed by atoms with Crippen LogP contribution >= 0.6 is 0 Å². The molecule has 0 saturated carbocycles. The summed E-state index contributed by atoms with van der Waals surface area (Å²) in [4.78, 5) is 45.5. The molecular weight excluding hydrogens is 430 g/mol. The van der Waals surface area contributed by atoms with Gasteiger partial charge in [0.1, 0.15) is 6.04 Å². The van der Waals surface area contributed by atoms with E-state index in [1.807, 2.05) is 30.5 Å². The molecule has 3 aliphatic rings. The van der Waals surface area contributed by atoms with E-state index < -0.39 is 6.04 Å². The van der Waals surface area contributed by atoms with Gasteiger partial charge in [0.15, 0.2) is 0 Å². The van der Waals surface area contributed by atoms with Gasteiger partial charge in [0.2, 0.25) is 11.8 Å². The fraction of sp³-hybridized carbons (Fsp3) is 0.462. The van der Waals surface area contributed by atoms with Gasteiger partial charge in [0.05, 0.1) is 5.69 Å². The van der Waals surface area contributed by atoms with Crippen LogP contribution in [0.4, 0.5) is 0 Å². The van der Waals surface area contributed by atoms with Crippen LogP contribution in [0.25, 0.3) is 0 Å². The number of rotatable bonds is 6. The van der Waals surface area contributed by atoms with Gasteiger partial charge < -0.3 is 10.2 Å². The van der Waals surface area contributed by atoms with E-state index in [9.17, 15) is 14.4 Å². The van der Waals surface area contributed by atoms with Crippen molar-refractivity contribution in [2.75, 3.05) is 13.1 Å². The monoisotopic (exact) mass is 461 g/mol. The highest BCUT2D eigenvalue weighted by Gasteiger charge is 2.39. The van der Waals surface area contributed by atoms with Crippen molar-refractivity contribution in [1.82, 2.24) is 25.4 Å². The van der Waals surface area contributed by atoms with Gasteiger partial charge in [0, 0.05) is 43.9 Å². The SMILES string of the molecule is O=C1CCC(N2Cc3cc(CN(Cc4ccccn4)C4CCCNCC4)ccc3C2=O)C(=O)N1. The number of carbonyl (C=O) groups is 3. The van der Waals surface area contributed by atoms with E-state index in [2.05, 4.69) is 32.7 Å². The molecule has 2 aromatic rings. The maximum absolute atomic E-state index is 13.0. The van der Waals surface area contributed by atoms with E-state index >= 15 is 0 Å². The minimum absolute atomic E-state index is 0.128. The number of nitrogens with zero attached hydrogens (tertiary/aromatic N) is 3. The van der Waals surface area contributed by atoms with Gasteiger partial charge in [-0.2, -0.15) is 0 Å². The number of piperidine rings is 1. The number of aromatic nitrogens is 1. The van der Waals surface area contributed by atoms with Gasteiger partial charge in [-0.15, -0.1) is 0 Å². The molecule has 2 fully saturated rings. The van der Waals surface area contributed by atoms with E-state index in [0.29, 0.717) is 24.6 Å². The summed E-state index contributed by atoms with van der Waals surface area (Å²) in [6, 6.07) is 12.0. The van der Waals surface area contributed by atoms with Crippen molar-refractivity contribution in [2.24, 2.45) is 0 Å². The first kappa shape index (κ1) is 22.7. The first-order valence-electron chi connectivity index (χ1n) is 12.2. The fourth-order valence-electron chi connectivity index (χ4n) is 5.34. The Labute approximate surface area is 199 Å². The summed E-state index contributed by atoms with van der Waals surface area (Å²) in [6.45, 7) is 4.04. The second-order valence-electron chi connectivity index (χ2n) is 9.45. The third-order valence-corrected chi connectivity index (χ3v) is 7.13. The van der Waals surface area contributed by atoms with E-state index in [0.717, 1.165) is 62.3 Å². The van der Waals surface area contributed by atoms with Gasteiger partial charge in [-0.3, -0.25) is 29.6 Å². The molecule has 2 unspecified atom stereocenters. The van der Waals surface area contributed by atoms with E-state index in [4.69, 9.17) is 0 Å². The number of nitrogens with one attached hydrogen (secondary N) is 2. The lowest BCUT2D eigenvalue weighted by molar-refractivity contribution is -0.136. The van der Waals surface area contributed by atoms with Crippen molar-refractivity contribution in [3.63, 3.8) is 0 Å². The van der Waals surface area contributed by atoms with Crippen LogP contribution in [0.1, 0.15) is 59.3 Å². The van der Waals surface area contributed by atoms with Crippen LogP contribution in [0, 0.1) is 0 Å². The summed E-state index contributed by atoms with van der Waals surface area (Å²) in [5.41, 5.74) is 3.82. The molecule has 1 aromatic carbocycles. The molecule has 0 spiro atoms. The van der Waals surface area contributed by atoms with Crippen LogP contribution in [-0.2, 0) is 29.2 Å². The van der Waals surface area contributed by atoms with Crippen molar-refractivity contribution >= 4 is 17.7 Å². The summed E-state index contributed by atoms with van der Waals surface area (Å²) in [6.07, 6.45) is 5.88. The fourth-order valence-corrected chi connectivity index (χ4v) is 5.34. The molecule has 0 aliphatic carbocycles. The summed E-state index contributed by atoms with van der Waals surface area (Å²) in [5.74, 6) is -0.772. The molecule has 8 nitrogen and oxygen atoms in total. The van der Waals surface area contributed by atoms with Crippen molar-refractivity contribution in [3.8, 4) is 0 Å². The van der Waals surface area contributed by atoms with Crippen LogP contribution in [0.2, 0.25) is 0 Å². The topological polar surface area (TPSA) is 94.6 Å². The van der Waals surface area contributed by atoms with E-state index in [1.54, 1.807) is 4.90 Å². The van der Waals surface area contributed by atoms with Gasteiger partial charge >= 0.3 is 0 Å². The maximum atomic E-state index is 13.0. The number of hydrogen-bond acceptors (Lipinski definition) is 6. The zero-order valence-electron chi connectivity index (χ0n) is 19.3. The molecule has 0 bridgehead atoms. The van der Waals surface area contributed by atoms with Crippen LogP contribution < -0.4 is 10.6 Å². The number of amides is 3. The molecule has 8 heteroatoms. The first-order chi connectivity index (χ1) is 16.6. The van der Waals surface area contributed by atoms with Gasteiger partial charge in [0.25, 0.3) is 5.91 Å². The summed E-state index contributed by atoms with van der Waals surface area (Å²) < 4.78 is 0. The van der Waals surface area contributed by atoms with Crippen LogP contribution in [0.15, 0.2) is 42.6 Å². The van der Waals surface area contributed by atoms with Crippen molar-refractivity contribution in [3.05, 3.63) is 65.0 Å². The highest BCUT2D eigenvalue weighted by molar-refractivity contribution is 6.05. The predicted octanol–water partition coefficient (Wildman–Crippen LogP) is 1.99. The van der Waals surface area contributed by atoms with Crippen molar-refractivity contribution in [2.45, 2.75) is 63.8 Å². The zero-order chi connectivity index (χ0) is 23.5. The number of imide groups is 1. The lowest BCUT2D eigenvalue weighted by Crippen LogP contribution is -2.52. The highest BCUT2D eigenvalue weighted by atomic mass is 16.2. The molecule has 2 atom stereocenters. The number of carbonyl (C=O) groups excluding carboxylic acids is 3. The van der Waals surface area contributed by atoms with Gasteiger partial charge in [-0.25, -0.2) is 0 Å². The Hall–Kier alpha value is -3.10. The van der Waals surface area contributed by atoms with Crippen LogP contribution in [0.3, 0.4) is 0 Å². The highest BCUT2D eigenvalue weighted by Crippen LogP contribution is 2.29. The third kappa shape index (κ3) is 4.88. The average molecular weight is 462 g/mol. The molecule has 34 heavy (non-hydrogen) atoms. The largest absolute Gasteiger partial charge is 0.322 e. The number of benzene rings is 1. The second-order valence-corrected chi connectivity index (χ2v) is 9.45. The molecule has 178 valence electrons. The minimum Gasteiger partial charge on any atom is -0.322 e. The average Bonchev–Trinajstić information content (AvgIpc) is 3.00. The molecule has 0 radical (unpaired) electrons. The standard InChI is InChI=1S/C26H31N5O3/c32-24-9-8-23(25(33)29-24)31-16-19-14-18(6-7-22(19)26(31)34)15-30(17-20-4-1-2-12-28-20)21-5-3-11-27-13-10-21/h1-2,4,6-7,12,14,21,23,27H,3,5,8-11,13,15-17H2,(H,29,32,33). The normalized spacial score (nSPS) is 23.1. The number of pyridine rings is 1. The number of hydrogen-bond donors (Lipinski definition) is 2. The summed E-state index contributed by atoms with van der Waals surface area (Å²) >= 11 is 0. The lowest BCUT2D eigenvalue weighted by atomic mass is 10.0. The Morgan fingerprint density at radius 2 is 1.94 bits per heavy atom. The minimum atomic E-state index is -0.583. The molecular formula is C26H31N5O3. The Balaban J connectivity index is 1.34. The molecule has 2 saturated heterocycles. The number of fused-ring (bicyclic) bond motifs is 1. The summed E-state index contributed by atoms with van der Waals surface area (Å²) in [7, 11) is 0. The van der Waals surface area contributed by atoms with Crippen molar-refractivity contribution < 1.29 is 14.4 Å². The third-order valence-electron chi connectivity index (χ3n) is 7.13. The Bertz CT molecular complexity index is 1070. The predicted molar refractivity (Wildman–Crippen MR) is 126 cm³/mol. The quantitative estimate of drug-likeness (QED) is 0.639. The second kappa shape index (κ2) is 10.0. The molecule has 4 heterocycles. The Kier molecular flexibility index (Phi) is 6.69. The molecule has 5 rings (SSSR count). The van der Waals surface area contributed by atoms with Crippen molar-refractivity contribution in [1.29, 1.82) is 0 Å². The zero-order valence-corrected chi connectivity index (χ0v) is 19.3. The molecule has 2 N–H and O–H groups in total. The van der Waals surface area contributed by atoms with E-state index in [-0.39, 0.29) is 24.1 Å². The molecule has 3 aliphatic heterocycles. The maximum Gasteiger partial charge on any atom is 0.255 e. The molecule has 3 amide bonds. The lowest BCUT2D eigenvalue weighted by Gasteiger charge is -2.31. The first-order valence-corrected chi connectivity index (χ1v) is 12.2. The van der Waals surface area contributed by atoms with Gasteiger partial charge in [-0.1, -0.05) is 18.2 Å². The van der Waals surface area contributed by atoms with Crippen LogP contribution in [0.5, 0.6) is 0 Å². The summed E-state index contributed by atoms with van der Waals surface area (Å²) in [5, 5.41) is 5.87. The van der Waals surface area contributed by atoms with Gasteiger partial charge in [-0.05, 0) is 68.1 Å². The smallest absolute Gasteiger partial charge is 0.255 e. The Morgan fingerprint density at radius 1 is 1.03 bits per heavy atom. The van der Waals surface area contributed by atoms with Crippen LogP contribution in [-0.4, -0.2) is 57.7 Å². The van der Waals surface area contributed by atoms with E-state index in [1.165, 1.54) is 0 Å².